The number of ether oxygens (including phenoxy) is 1. The number of thioether (sulfide) groups is 1. The van der Waals surface area contributed by atoms with Crippen molar-refractivity contribution in [3.8, 4) is 5.75 Å². The summed E-state index contributed by atoms with van der Waals surface area (Å²) in [6.07, 6.45) is 0.441. The van der Waals surface area contributed by atoms with Crippen LogP contribution < -0.4 is 10.4 Å². The zero-order chi connectivity index (χ0) is 26.3. The number of aromatic nitrogens is 1. The average molecular weight is 513 g/mol. The Labute approximate surface area is 218 Å². The SMILES string of the molecule is [B]C1([B])Sc2ccccc2[C@]([B])(N2[C@@H]3COCCN3C(=O)c3c(O)c(=O)ccn32)c2ccc(F)c(F)c21. The predicted molar refractivity (Wildman–Crippen MR) is 135 cm³/mol. The minimum absolute atomic E-state index is 0.00172. The van der Waals surface area contributed by atoms with Gasteiger partial charge in [0.1, 0.15) is 14.0 Å². The molecule has 2 aromatic carbocycles. The molecule has 1 N–H and O–H groups in total. The number of pyridine rings is 1. The van der Waals surface area contributed by atoms with Crippen LogP contribution in [-0.4, -0.2) is 70.1 Å². The molecule has 1 amide bonds. The number of hydrogen-bond donors (Lipinski definition) is 1. The Morgan fingerprint density at radius 3 is 2.59 bits per heavy atom. The van der Waals surface area contributed by atoms with Crippen LogP contribution in [0.4, 0.5) is 8.78 Å². The minimum atomic E-state index is -1.93. The van der Waals surface area contributed by atoms with Gasteiger partial charge in [0.05, 0.1) is 34.3 Å². The molecular formula is C24H16B3F2N3O4S. The number of halogens is 2. The number of aromatic hydroxyl groups is 1. The first kappa shape index (κ1) is 24.2. The third-order valence-corrected chi connectivity index (χ3v) is 8.09. The summed E-state index contributed by atoms with van der Waals surface area (Å²) < 4.78 is 35.1. The molecule has 7 nitrogen and oxygen atoms in total. The van der Waals surface area contributed by atoms with E-state index in [0.29, 0.717) is 10.5 Å². The fourth-order valence-electron chi connectivity index (χ4n) is 5.36. The summed E-state index contributed by atoms with van der Waals surface area (Å²) in [7, 11) is 20.1. The van der Waals surface area contributed by atoms with Crippen LogP contribution in [0.5, 0.6) is 5.75 Å². The van der Waals surface area contributed by atoms with Gasteiger partial charge in [0.2, 0.25) is 5.43 Å². The molecule has 3 aromatic rings. The van der Waals surface area contributed by atoms with Crippen LogP contribution in [-0.2, 0) is 14.7 Å². The third kappa shape index (κ3) is 3.26. The lowest BCUT2D eigenvalue weighted by molar-refractivity contribution is -0.0216. The fourth-order valence-corrected chi connectivity index (χ4v) is 6.50. The van der Waals surface area contributed by atoms with Crippen molar-refractivity contribution in [2.24, 2.45) is 0 Å². The van der Waals surface area contributed by atoms with E-state index in [0.717, 1.165) is 23.9 Å². The topological polar surface area (TPSA) is 75.0 Å². The highest BCUT2D eigenvalue weighted by molar-refractivity contribution is 8.02. The zero-order valence-electron chi connectivity index (χ0n) is 19.2. The molecule has 0 saturated carbocycles. The monoisotopic (exact) mass is 513 g/mol. The summed E-state index contributed by atoms with van der Waals surface area (Å²) in [6.45, 7) is 0.349. The predicted octanol–water partition coefficient (Wildman–Crippen LogP) is 1.20. The van der Waals surface area contributed by atoms with Gasteiger partial charge < -0.3 is 14.7 Å². The van der Waals surface area contributed by atoms with E-state index in [1.54, 1.807) is 24.3 Å². The van der Waals surface area contributed by atoms with Crippen molar-refractivity contribution in [2.45, 2.75) is 21.0 Å². The summed E-state index contributed by atoms with van der Waals surface area (Å²) >= 11 is 0.905. The van der Waals surface area contributed by atoms with Crippen LogP contribution in [0.3, 0.4) is 0 Å². The maximum Gasteiger partial charge on any atom is 0.278 e. The standard InChI is InChI=1S/C24H16B3F2N3O4S/c25-23(32-17-11-36-10-9-30(17)22(35)20-21(34)15(33)7-8-31(20)32)12-3-1-2-4-16(12)37-24(26,27)18-13(23)5-6-14(28)19(18)29/h1-8,17,34H,9-11H2/t17-,23+/m1/s1. The van der Waals surface area contributed by atoms with Crippen molar-refractivity contribution < 1.29 is 23.4 Å². The maximum atomic E-state index is 15.5. The summed E-state index contributed by atoms with van der Waals surface area (Å²) in [5, 5.41) is 12.2. The minimum Gasteiger partial charge on any atom is -0.502 e. The first-order valence-corrected chi connectivity index (χ1v) is 12.2. The molecular weight excluding hydrogens is 497 g/mol. The average Bonchev–Trinajstić information content (AvgIpc) is 2.94. The van der Waals surface area contributed by atoms with E-state index < -0.39 is 44.9 Å². The molecule has 0 bridgehead atoms. The number of nitrogens with zero attached hydrogens (tertiary/aromatic N) is 3. The van der Waals surface area contributed by atoms with E-state index in [4.69, 9.17) is 28.3 Å². The third-order valence-electron chi connectivity index (χ3n) is 6.97. The van der Waals surface area contributed by atoms with E-state index >= 15 is 4.39 Å². The number of rotatable bonds is 1. The van der Waals surface area contributed by atoms with Gasteiger partial charge in [0.15, 0.2) is 23.1 Å². The summed E-state index contributed by atoms with van der Waals surface area (Å²) in [5.41, 5.74) is -2.81. The van der Waals surface area contributed by atoms with Crippen molar-refractivity contribution in [2.75, 3.05) is 24.8 Å². The number of amides is 1. The Kier molecular flexibility index (Phi) is 5.33. The fraction of sp³-hybridized carbons (Fsp3) is 0.250. The first-order chi connectivity index (χ1) is 17.6. The van der Waals surface area contributed by atoms with E-state index in [1.807, 2.05) is 0 Å². The lowest BCUT2D eigenvalue weighted by Gasteiger charge is -2.56. The van der Waals surface area contributed by atoms with Crippen LogP contribution in [0.2, 0.25) is 0 Å². The first-order valence-electron chi connectivity index (χ1n) is 11.3. The van der Waals surface area contributed by atoms with Gasteiger partial charge in [-0.2, -0.15) is 0 Å². The largest absolute Gasteiger partial charge is 0.502 e. The number of carbonyl (C=O) groups excluding carboxylic acids is 1. The van der Waals surface area contributed by atoms with Gasteiger partial charge in [-0.15, -0.1) is 11.8 Å². The number of fused-ring (bicyclic) bond motifs is 4. The molecule has 180 valence electrons. The van der Waals surface area contributed by atoms with Gasteiger partial charge in [0.25, 0.3) is 5.91 Å². The molecule has 4 heterocycles. The molecule has 1 aromatic heterocycles. The molecule has 0 spiro atoms. The smallest absolute Gasteiger partial charge is 0.278 e. The quantitative estimate of drug-likeness (QED) is 0.494. The van der Waals surface area contributed by atoms with Gasteiger partial charge in [-0.1, -0.05) is 24.3 Å². The number of benzene rings is 2. The Bertz CT molecular complexity index is 1540. The Morgan fingerprint density at radius 2 is 1.81 bits per heavy atom. The highest BCUT2D eigenvalue weighted by atomic mass is 32.2. The Balaban J connectivity index is 1.76. The molecule has 3 aliphatic heterocycles. The summed E-state index contributed by atoms with van der Waals surface area (Å²) in [6, 6.07) is 10.2. The van der Waals surface area contributed by atoms with Gasteiger partial charge in [-0.05, 0) is 33.4 Å². The molecule has 1 fully saturated rings. The van der Waals surface area contributed by atoms with E-state index in [-0.39, 0.29) is 36.6 Å². The molecule has 6 rings (SSSR count). The lowest BCUT2D eigenvalue weighted by atomic mass is 9.58. The normalized spacial score (nSPS) is 23.9. The number of morpholine rings is 1. The van der Waals surface area contributed by atoms with E-state index in [2.05, 4.69) is 0 Å². The van der Waals surface area contributed by atoms with Crippen LogP contribution in [0.25, 0.3) is 0 Å². The highest BCUT2D eigenvalue weighted by Gasteiger charge is 2.52. The molecule has 13 heteroatoms. The van der Waals surface area contributed by atoms with Gasteiger partial charge in [-0.25, -0.2) is 8.78 Å². The van der Waals surface area contributed by atoms with Crippen LogP contribution in [0, 0.1) is 11.6 Å². The van der Waals surface area contributed by atoms with Gasteiger partial charge in [0, 0.05) is 23.7 Å². The molecule has 37 heavy (non-hydrogen) atoms. The second-order valence-electron chi connectivity index (χ2n) is 9.06. The van der Waals surface area contributed by atoms with Gasteiger partial charge in [-0.3, -0.25) is 19.3 Å². The summed E-state index contributed by atoms with van der Waals surface area (Å²) in [4.78, 5) is 27.7. The Morgan fingerprint density at radius 1 is 1.05 bits per heavy atom. The van der Waals surface area contributed by atoms with Crippen molar-refractivity contribution in [3.63, 3.8) is 0 Å². The maximum absolute atomic E-state index is 15.5. The highest BCUT2D eigenvalue weighted by Crippen LogP contribution is 2.52. The van der Waals surface area contributed by atoms with Crippen molar-refractivity contribution in [3.05, 3.63) is 92.9 Å². The molecule has 2 atom stereocenters. The van der Waals surface area contributed by atoms with Crippen molar-refractivity contribution in [1.29, 1.82) is 0 Å². The molecule has 0 unspecified atom stereocenters. The Hall–Kier alpha value is -3.18. The number of hydrogen-bond acceptors (Lipinski definition) is 6. The van der Waals surface area contributed by atoms with Crippen molar-refractivity contribution >= 4 is 41.2 Å². The number of carbonyl (C=O) groups is 1. The van der Waals surface area contributed by atoms with Crippen LogP contribution in [0.15, 0.2) is 58.4 Å². The molecule has 6 radical (unpaired) electrons. The molecule has 1 saturated heterocycles. The van der Waals surface area contributed by atoms with Crippen LogP contribution >= 0.6 is 11.8 Å². The van der Waals surface area contributed by atoms with Crippen molar-refractivity contribution in [1.82, 2.24) is 9.58 Å². The van der Waals surface area contributed by atoms with Gasteiger partial charge >= 0.3 is 0 Å². The van der Waals surface area contributed by atoms with Crippen LogP contribution in [0.1, 0.15) is 27.2 Å². The zero-order valence-corrected chi connectivity index (χ0v) is 20.0. The molecule has 3 aliphatic rings. The second kappa shape index (κ2) is 8.16. The van der Waals surface area contributed by atoms with E-state index in [1.165, 1.54) is 26.8 Å². The lowest BCUT2D eigenvalue weighted by Crippen LogP contribution is -2.71. The van der Waals surface area contributed by atoms with E-state index in [9.17, 15) is 19.1 Å². The molecule has 0 aliphatic carbocycles. The summed E-state index contributed by atoms with van der Waals surface area (Å²) in [5.74, 6) is -3.78. The second-order valence-corrected chi connectivity index (χ2v) is 10.4.